The Labute approximate surface area is 288 Å². The molecule has 0 radical (unpaired) electrons. The lowest BCUT2D eigenvalue weighted by atomic mass is 10.1. The van der Waals surface area contributed by atoms with Crippen molar-refractivity contribution in [1.82, 2.24) is 29.9 Å². The number of piperazine rings is 1. The van der Waals surface area contributed by atoms with E-state index < -0.39 is 60.7 Å². The Bertz CT molecular complexity index is 1640. The molecule has 270 valence electrons. The molecule has 0 spiro atoms. The predicted molar refractivity (Wildman–Crippen MR) is 176 cm³/mol. The van der Waals surface area contributed by atoms with Gasteiger partial charge in [-0.25, -0.2) is 14.2 Å². The summed E-state index contributed by atoms with van der Waals surface area (Å²) in [5.41, 5.74) is 0.344. The van der Waals surface area contributed by atoms with E-state index in [1.807, 2.05) is 0 Å². The number of carboxylic acids is 1. The predicted octanol–water partition coefficient (Wildman–Crippen LogP) is 1.94. The monoisotopic (exact) mass is 698 g/mol. The average molecular weight is 699 g/mol. The molecule has 0 bridgehead atoms. The second-order valence-electron chi connectivity index (χ2n) is 12.7. The van der Waals surface area contributed by atoms with E-state index in [-0.39, 0.29) is 67.5 Å². The molecule has 15 nitrogen and oxygen atoms in total. The minimum atomic E-state index is -1.24. The fraction of sp³-hybridized carbons (Fsp3) is 0.559. The van der Waals surface area contributed by atoms with Crippen molar-refractivity contribution in [3.05, 3.63) is 35.3 Å². The maximum absolute atomic E-state index is 15.3. The van der Waals surface area contributed by atoms with Crippen LogP contribution in [0.2, 0.25) is 0 Å². The zero-order valence-corrected chi connectivity index (χ0v) is 28.3. The van der Waals surface area contributed by atoms with Gasteiger partial charge >= 0.3 is 12.1 Å². The third-order valence-electron chi connectivity index (χ3n) is 9.20. The molecule has 2 atom stereocenters. The smallest absolute Gasteiger partial charge is 0.409 e. The number of benzene rings is 1. The molecule has 2 aromatic rings. The van der Waals surface area contributed by atoms with E-state index in [1.165, 1.54) is 26.8 Å². The molecule has 3 aliphatic rings. The number of nitrogens with one attached hydrogen (secondary N) is 1. The summed E-state index contributed by atoms with van der Waals surface area (Å²) in [6, 6.07) is 2.16. The quantitative estimate of drug-likeness (QED) is 0.352. The number of pyridine rings is 1. The number of amides is 5. The topological polar surface area (TPSA) is 179 Å². The molecule has 16 heteroatoms. The minimum absolute atomic E-state index is 0.0518. The van der Waals surface area contributed by atoms with E-state index in [1.54, 1.807) is 24.8 Å². The normalized spacial score (nSPS) is 18.3. The van der Waals surface area contributed by atoms with Crippen LogP contribution in [-0.4, -0.2) is 136 Å². The molecule has 0 saturated carbocycles. The summed E-state index contributed by atoms with van der Waals surface area (Å²) in [5.74, 6) is -3.88. The van der Waals surface area contributed by atoms with Crippen LogP contribution in [-0.2, 0) is 23.9 Å². The van der Waals surface area contributed by atoms with Gasteiger partial charge in [0.2, 0.25) is 11.8 Å². The highest BCUT2D eigenvalue weighted by atomic mass is 19.1. The van der Waals surface area contributed by atoms with Crippen LogP contribution in [0.3, 0.4) is 0 Å². The first-order chi connectivity index (χ1) is 24.0. The van der Waals surface area contributed by atoms with Crippen LogP contribution < -0.4 is 10.1 Å². The number of nitrogens with zero attached hydrogens (tertiary/aromatic N) is 5. The molecule has 3 aliphatic heterocycles. The van der Waals surface area contributed by atoms with Crippen molar-refractivity contribution in [1.29, 1.82) is 0 Å². The number of aryl methyl sites for hydroxylation is 1. The number of carbonyl (C=O) groups is 6. The maximum Gasteiger partial charge on any atom is 0.409 e. The number of aromatic nitrogens is 1. The van der Waals surface area contributed by atoms with Gasteiger partial charge in [0.15, 0.2) is 6.61 Å². The van der Waals surface area contributed by atoms with E-state index in [0.29, 0.717) is 38.0 Å². The molecule has 4 heterocycles. The Kier molecular flexibility index (Phi) is 11.7. The van der Waals surface area contributed by atoms with Crippen LogP contribution in [0, 0.1) is 12.7 Å². The number of hydrogen-bond donors (Lipinski definition) is 2. The third kappa shape index (κ3) is 8.40. The second-order valence-corrected chi connectivity index (χ2v) is 12.7. The Balaban J connectivity index is 1.33. The summed E-state index contributed by atoms with van der Waals surface area (Å²) >= 11 is 0. The van der Waals surface area contributed by atoms with Crippen LogP contribution in [0.4, 0.5) is 9.18 Å². The maximum atomic E-state index is 15.3. The van der Waals surface area contributed by atoms with Crippen molar-refractivity contribution in [2.75, 3.05) is 59.0 Å². The first-order valence-electron chi connectivity index (χ1n) is 17.0. The van der Waals surface area contributed by atoms with Gasteiger partial charge in [0.1, 0.15) is 29.3 Å². The van der Waals surface area contributed by atoms with Gasteiger partial charge in [0, 0.05) is 58.3 Å². The van der Waals surface area contributed by atoms with Gasteiger partial charge in [0.05, 0.1) is 17.5 Å². The molecule has 3 saturated heterocycles. The SMILES string of the molecule is CCOC(=O)N1CCN(C(=O)C(CCC(=O)O)NC(=O)c2cc(OCC(=O)N3CCCC3C(=O)N3CCCC3)c3c(F)cc(C)cc3n2)CC1. The van der Waals surface area contributed by atoms with Gasteiger partial charge in [0.25, 0.3) is 11.8 Å². The number of carboxylic acid groups (broad SMARTS) is 1. The summed E-state index contributed by atoms with van der Waals surface area (Å²) in [5, 5.41) is 11.9. The van der Waals surface area contributed by atoms with Crippen LogP contribution in [0.15, 0.2) is 18.2 Å². The highest BCUT2D eigenvalue weighted by Gasteiger charge is 2.37. The van der Waals surface area contributed by atoms with Crippen molar-refractivity contribution in [3.63, 3.8) is 0 Å². The number of halogens is 1. The molecule has 5 rings (SSSR count). The Morgan fingerprint density at radius 1 is 0.960 bits per heavy atom. The lowest BCUT2D eigenvalue weighted by molar-refractivity contribution is -0.144. The highest BCUT2D eigenvalue weighted by Crippen LogP contribution is 2.30. The zero-order valence-electron chi connectivity index (χ0n) is 28.3. The summed E-state index contributed by atoms with van der Waals surface area (Å²) in [6.07, 6.45) is 1.92. The number of carbonyl (C=O) groups excluding carboxylic acids is 5. The molecular formula is C34H43FN6O9. The molecule has 2 N–H and O–H groups in total. The summed E-state index contributed by atoms with van der Waals surface area (Å²) in [4.78, 5) is 87.6. The van der Waals surface area contributed by atoms with Gasteiger partial charge < -0.3 is 39.5 Å². The standard InChI is InChI=1S/C34H43FN6O9/c1-3-49-34(48)40-15-13-39(14-16-40)32(46)23(8-9-29(43)44)37-31(45)25-19-27(30-22(35)17-21(2)18-24(30)36-25)50-20-28(42)41-12-6-7-26(41)33(47)38-10-4-5-11-38/h17-19,23,26H,3-16,20H2,1-2H3,(H,37,45)(H,43,44). The number of rotatable bonds is 11. The number of fused-ring (bicyclic) bond motifs is 1. The van der Waals surface area contributed by atoms with Crippen molar-refractivity contribution in [2.24, 2.45) is 0 Å². The molecule has 2 unspecified atom stereocenters. The van der Waals surface area contributed by atoms with Crippen molar-refractivity contribution >= 4 is 46.6 Å². The zero-order chi connectivity index (χ0) is 35.9. The van der Waals surface area contributed by atoms with E-state index >= 15 is 4.39 Å². The Hall–Kier alpha value is -5.02. The van der Waals surface area contributed by atoms with E-state index in [4.69, 9.17) is 9.47 Å². The largest absolute Gasteiger partial charge is 0.483 e. The second kappa shape index (κ2) is 16.1. The molecule has 50 heavy (non-hydrogen) atoms. The lowest BCUT2D eigenvalue weighted by Crippen LogP contribution is -2.56. The summed E-state index contributed by atoms with van der Waals surface area (Å²) in [7, 11) is 0. The summed E-state index contributed by atoms with van der Waals surface area (Å²) in [6.45, 7) is 5.43. The van der Waals surface area contributed by atoms with Crippen LogP contribution in [0.1, 0.15) is 61.5 Å². The van der Waals surface area contributed by atoms with Crippen molar-refractivity contribution in [3.8, 4) is 5.75 Å². The van der Waals surface area contributed by atoms with Gasteiger partial charge in [-0.1, -0.05) is 0 Å². The number of likely N-dealkylation sites (tertiary alicyclic amines) is 2. The fourth-order valence-electron chi connectivity index (χ4n) is 6.64. The molecule has 3 fully saturated rings. The van der Waals surface area contributed by atoms with E-state index in [2.05, 4.69) is 10.3 Å². The first-order valence-corrected chi connectivity index (χ1v) is 17.0. The Morgan fingerprint density at radius 3 is 2.34 bits per heavy atom. The van der Waals surface area contributed by atoms with Gasteiger partial charge in [-0.2, -0.15) is 0 Å². The Morgan fingerprint density at radius 2 is 1.66 bits per heavy atom. The number of aliphatic carboxylic acids is 1. The van der Waals surface area contributed by atoms with Gasteiger partial charge in [-0.15, -0.1) is 0 Å². The number of ether oxygens (including phenoxy) is 2. The van der Waals surface area contributed by atoms with Gasteiger partial charge in [-0.05, 0) is 63.6 Å². The average Bonchev–Trinajstić information content (AvgIpc) is 3.81. The number of hydrogen-bond acceptors (Lipinski definition) is 9. The van der Waals surface area contributed by atoms with Crippen molar-refractivity contribution in [2.45, 2.75) is 64.5 Å². The first kappa shape index (κ1) is 36.3. The molecule has 1 aromatic heterocycles. The van der Waals surface area contributed by atoms with Gasteiger partial charge in [-0.3, -0.25) is 24.0 Å². The minimum Gasteiger partial charge on any atom is -0.483 e. The molecule has 1 aromatic carbocycles. The van der Waals surface area contributed by atoms with E-state index in [9.17, 15) is 33.9 Å². The lowest BCUT2D eigenvalue weighted by Gasteiger charge is -2.35. The van der Waals surface area contributed by atoms with Crippen molar-refractivity contribution < 1.29 is 47.7 Å². The fourth-order valence-corrected chi connectivity index (χ4v) is 6.64. The van der Waals surface area contributed by atoms with Crippen LogP contribution in [0.25, 0.3) is 10.9 Å². The molecule has 5 amide bonds. The van der Waals surface area contributed by atoms with E-state index in [0.717, 1.165) is 12.8 Å². The highest BCUT2D eigenvalue weighted by molar-refractivity contribution is 6.00. The van der Waals surface area contributed by atoms with Crippen LogP contribution >= 0.6 is 0 Å². The summed E-state index contributed by atoms with van der Waals surface area (Å²) < 4.78 is 26.2. The van der Waals surface area contributed by atoms with Crippen LogP contribution in [0.5, 0.6) is 5.75 Å². The third-order valence-corrected chi connectivity index (χ3v) is 9.20. The molecular weight excluding hydrogens is 655 g/mol. The molecule has 0 aliphatic carbocycles.